The molecule has 0 heterocycles. The maximum atomic E-state index is 14.3. The third-order valence-electron chi connectivity index (χ3n) is 5.52. The van der Waals surface area contributed by atoms with Crippen molar-refractivity contribution >= 4 is 11.8 Å². The Morgan fingerprint density at radius 1 is 0.906 bits per heavy atom. The van der Waals surface area contributed by atoms with Crippen LogP contribution in [0.4, 0.5) is 4.39 Å². The van der Waals surface area contributed by atoms with E-state index in [0.29, 0.717) is 18.5 Å². The highest BCUT2D eigenvalue weighted by molar-refractivity contribution is 5.88. The van der Waals surface area contributed by atoms with E-state index >= 15 is 0 Å². The summed E-state index contributed by atoms with van der Waals surface area (Å²) in [5, 5.41) is 2.87. The van der Waals surface area contributed by atoms with Gasteiger partial charge in [0.2, 0.25) is 11.8 Å². The van der Waals surface area contributed by atoms with Crippen LogP contribution in [0.25, 0.3) is 0 Å². The van der Waals surface area contributed by atoms with Gasteiger partial charge in [-0.1, -0.05) is 72.8 Å². The topological polar surface area (TPSA) is 49.4 Å². The summed E-state index contributed by atoms with van der Waals surface area (Å²) in [5.74, 6) is -0.924. The number of hydrogen-bond acceptors (Lipinski definition) is 2. The van der Waals surface area contributed by atoms with E-state index in [-0.39, 0.29) is 24.8 Å². The number of aryl methyl sites for hydroxylation is 1. The number of benzene rings is 3. The van der Waals surface area contributed by atoms with Crippen LogP contribution >= 0.6 is 0 Å². The molecule has 166 valence electrons. The lowest BCUT2D eigenvalue weighted by Crippen LogP contribution is -2.51. The summed E-state index contributed by atoms with van der Waals surface area (Å²) in [6.45, 7) is 4.57. The molecule has 0 saturated carbocycles. The fourth-order valence-corrected chi connectivity index (χ4v) is 3.72. The Morgan fingerprint density at radius 3 is 2.19 bits per heavy atom. The van der Waals surface area contributed by atoms with Gasteiger partial charge in [-0.05, 0) is 42.2 Å². The van der Waals surface area contributed by atoms with E-state index in [0.717, 1.165) is 16.7 Å². The first-order valence-corrected chi connectivity index (χ1v) is 10.9. The van der Waals surface area contributed by atoms with Crippen molar-refractivity contribution in [3.05, 3.63) is 107 Å². The molecule has 3 rings (SSSR count). The van der Waals surface area contributed by atoms with E-state index in [1.54, 1.807) is 23.1 Å². The van der Waals surface area contributed by atoms with E-state index in [1.165, 1.54) is 6.07 Å². The highest BCUT2D eigenvalue weighted by atomic mass is 19.1. The number of nitrogens with zero attached hydrogens (tertiary/aromatic N) is 1. The zero-order valence-electron chi connectivity index (χ0n) is 18.6. The standard InChI is InChI=1S/C27H29FN2O2/c1-3-29-27(32)25(17-21-12-5-4-6-13-21)30(19-23-15-8-7-11-20(23)2)26(31)18-22-14-9-10-16-24(22)28/h4-16,25H,3,17-19H2,1-2H3,(H,29,32)/t25-/m1/s1. The second-order valence-corrected chi connectivity index (χ2v) is 7.82. The molecule has 0 aliphatic carbocycles. The van der Waals surface area contributed by atoms with Gasteiger partial charge in [-0.3, -0.25) is 9.59 Å². The molecule has 0 unspecified atom stereocenters. The molecule has 1 atom stereocenters. The maximum absolute atomic E-state index is 14.3. The molecular formula is C27H29FN2O2. The Kier molecular flexibility index (Phi) is 8.14. The number of likely N-dealkylation sites (N-methyl/N-ethyl adjacent to an activating group) is 1. The Hall–Kier alpha value is -3.47. The molecule has 2 amide bonds. The molecule has 0 radical (unpaired) electrons. The highest BCUT2D eigenvalue weighted by Gasteiger charge is 2.30. The van der Waals surface area contributed by atoms with Gasteiger partial charge in [0.1, 0.15) is 11.9 Å². The molecule has 0 saturated heterocycles. The fraction of sp³-hybridized carbons (Fsp3) is 0.259. The summed E-state index contributed by atoms with van der Waals surface area (Å²) in [6, 6.07) is 23.0. The predicted octanol–water partition coefficient (Wildman–Crippen LogP) is 4.45. The van der Waals surface area contributed by atoms with Gasteiger partial charge in [-0.15, -0.1) is 0 Å². The van der Waals surface area contributed by atoms with E-state index < -0.39 is 11.9 Å². The molecule has 0 aromatic heterocycles. The van der Waals surface area contributed by atoms with E-state index in [1.807, 2.05) is 68.4 Å². The van der Waals surface area contributed by atoms with Gasteiger partial charge in [0, 0.05) is 19.5 Å². The lowest BCUT2D eigenvalue weighted by Gasteiger charge is -2.32. The van der Waals surface area contributed by atoms with Gasteiger partial charge >= 0.3 is 0 Å². The van der Waals surface area contributed by atoms with E-state index in [4.69, 9.17) is 0 Å². The fourth-order valence-electron chi connectivity index (χ4n) is 3.72. The normalized spacial score (nSPS) is 11.6. The number of halogens is 1. The first-order valence-electron chi connectivity index (χ1n) is 10.9. The van der Waals surface area contributed by atoms with Gasteiger partial charge < -0.3 is 10.2 Å². The van der Waals surface area contributed by atoms with Crippen molar-refractivity contribution in [2.24, 2.45) is 0 Å². The summed E-state index contributed by atoms with van der Waals surface area (Å²) in [5.41, 5.74) is 3.26. The minimum atomic E-state index is -0.712. The minimum absolute atomic E-state index is 0.108. The molecule has 0 aliphatic heterocycles. The average Bonchev–Trinajstić information content (AvgIpc) is 2.79. The van der Waals surface area contributed by atoms with Crippen molar-refractivity contribution in [3.63, 3.8) is 0 Å². The average molecular weight is 433 g/mol. The van der Waals surface area contributed by atoms with Crippen LogP contribution in [0.3, 0.4) is 0 Å². The van der Waals surface area contributed by atoms with Gasteiger partial charge in [0.15, 0.2) is 0 Å². The summed E-state index contributed by atoms with van der Waals surface area (Å²) in [6.07, 6.45) is 0.269. The molecule has 5 heteroatoms. The van der Waals surface area contributed by atoms with Gasteiger partial charge in [-0.2, -0.15) is 0 Å². The Bertz CT molecular complexity index is 1050. The molecule has 32 heavy (non-hydrogen) atoms. The zero-order valence-corrected chi connectivity index (χ0v) is 18.6. The molecule has 4 nitrogen and oxygen atoms in total. The van der Waals surface area contributed by atoms with Crippen molar-refractivity contribution < 1.29 is 14.0 Å². The van der Waals surface area contributed by atoms with Crippen molar-refractivity contribution in [1.29, 1.82) is 0 Å². The first kappa shape index (κ1) is 23.2. The highest BCUT2D eigenvalue weighted by Crippen LogP contribution is 2.19. The molecule has 3 aromatic carbocycles. The summed E-state index contributed by atoms with van der Waals surface area (Å²) >= 11 is 0. The van der Waals surface area contributed by atoms with Crippen LogP contribution in [0.15, 0.2) is 78.9 Å². The van der Waals surface area contributed by atoms with E-state index in [9.17, 15) is 14.0 Å². The number of rotatable bonds is 9. The number of carbonyl (C=O) groups excluding carboxylic acids is 2. The van der Waals surface area contributed by atoms with Crippen molar-refractivity contribution in [1.82, 2.24) is 10.2 Å². The van der Waals surface area contributed by atoms with Gasteiger partial charge in [-0.25, -0.2) is 4.39 Å². The zero-order chi connectivity index (χ0) is 22.9. The summed E-state index contributed by atoms with van der Waals surface area (Å²) in [4.78, 5) is 28.2. The third-order valence-corrected chi connectivity index (χ3v) is 5.52. The summed E-state index contributed by atoms with van der Waals surface area (Å²) < 4.78 is 14.3. The quantitative estimate of drug-likeness (QED) is 0.543. The first-order chi connectivity index (χ1) is 15.5. The van der Waals surface area contributed by atoms with Gasteiger partial charge in [0.05, 0.1) is 6.42 Å². The van der Waals surface area contributed by atoms with Crippen molar-refractivity contribution in [3.8, 4) is 0 Å². The maximum Gasteiger partial charge on any atom is 0.243 e. The molecule has 3 aromatic rings. The number of amides is 2. The molecule has 0 aliphatic rings. The molecule has 1 N–H and O–H groups in total. The van der Waals surface area contributed by atoms with Crippen LogP contribution in [0.2, 0.25) is 0 Å². The summed E-state index contributed by atoms with van der Waals surface area (Å²) in [7, 11) is 0. The predicted molar refractivity (Wildman–Crippen MR) is 124 cm³/mol. The molecule has 0 spiro atoms. The lowest BCUT2D eigenvalue weighted by molar-refractivity contribution is -0.140. The number of carbonyl (C=O) groups is 2. The van der Waals surface area contributed by atoms with Crippen LogP contribution in [-0.2, 0) is 29.0 Å². The number of hydrogen-bond donors (Lipinski definition) is 1. The SMILES string of the molecule is CCNC(=O)[C@@H](Cc1ccccc1)N(Cc1ccccc1C)C(=O)Cc1ccccc1F. The lowest BCUT2D eigenvalue weighted by atomic mass is 10.0. The Balaban J connectivity index is 1.98. The Labute approximate surface area is 189 Å². The van der Waals surface area contributed by atoms with E-state index in [2.05, 4.69) is 5.32 Å². The second kappa shape index (κ2) is 11.2. The van der Waals surface area contributed by atoms with Gasteiger partial charge in [0.25, 0.3) is 0 Å². The number of nitrogens with one attached hydrogen (secondary N) is 1. The van der Waals surface area contributed by atoms with Crippen LogP contribution in [-0.4, -0.2) is 29.3 Å². The smallest absolute Gasteiger partial charge is 0.243 e. The van der Waals surface area contributed by atoms with Crippen molar-refractivity contribution in [2.45, 2.75) is 39.3 Å². The molecule has 0 fully saturated rings. The molecular weight excluding hydrogens is 403 g/mol. The van der Waals surface area contributed by atoms with Crippen LogP contribution in [0.5, 0.6) is 0 Å². The minimum Gasteiger partial charge on any atom is -0.355 e. The molecule has 0 bridgehead atoms. The largest absolute Gasteiger partial charge is 0.355 e. The third kappa shape index (κ3) is 6.03. The van der Waals surface area contributed by atoms with Crippen LogP contribution in [0.1, 0.15) is 29.2 Å². The van der Waals surface area contributed by atoms with Crippen LogP contribution < -0.4 is 5.32 Å². The monoisotopic (exact) mass is 432 g/mol. The van der Waals surface area contributed by atoms with Crippen molar-refractivity contribution in [2.75, 3.05) is 6.54 Å². The second-order valence-electron chi connectivity index (χ2n) is 7.82. The van der Waals surface area contributed by atoms with Crippen LogP contribution in [0, 0.1) is 12.7 Å². The Morgan fingerprint density at radius 2 is 1.53 bits per heavy atom.